The Kier molecular flexibility index (Phi) is 4.92. The van der Waals surface area contributed by atoms with E-state index in [9.17, 15) is 5.11 Å². The minimum Gasteiger partial charge on any atom is -0.369 e. The van der Waals surface area contributed by atoms with Crippen LogP contribution in [0.15, 0.2) is 42.5 Å². The number of nitrogens with zero attached hydrogens (tertiary/aromatic N) is 3. The molecule has 0 spiro atoms. The Morgan fingerprint density at radius 3 is 2.62 bits per heavy atom. The molecule has 2 heterocycles. The van der Waals surface area contributed by atoms with Crippen LogP contribution in [0.1, 0.15) is 19.8 Å². The highest BCUT2D eigenvalue weighted by molar-refractivity contribution is 7.22. The third-order valence-corrected chi connectivity index (χ3v) is 6.35. The normalized spacial score (nSPS) is 15.5. The lowest BCUT2D eigenvalue weighted by atomic mass is 10.0. The molecule has 26 heavy (non-hydrogen) atoms. The predicted molar refractivity (Wildman–Crippen MR) is 109 cm³/mol. The van der Waals surface area contributed by atoms with Gasteiger partial charge < -0.3 is 9.80 Å². The standard InChI is InChI=1S/C20H21ClN3OS/c1-2-24(15-5-3-14(21)4-6-15)16-9-11-23(12-10-16)20-22-18-8-7-17(25)13-19(18)26-20/h3-8,13,16H,2,9-12H2,1H3. The number of rotatable bonds is 4. The van der Waals surface area contributed by atoms with Gasteiger partial charge in [0.15, 0.2) is 10.9 Å². The van der Waals surface area contributed by atoms with E-state index in [0.29, 0.717) is 6.04 Å². The number of benzene rings is 2. The molecular formula is C20H21ClN3OS. The number of piperidine rings is 1. The van der Waals surface area contributed by atoms with Crippen molar-refractivity contribution in [3.63, 3.8) is 0 Å². The first-order valence-corrected chi connectivity index (χ1v) is 10.2. The minimum atomic E-state index is 0.0490. The second-order valence-corrected chi connectivity index (χ2v) is 8.05. The monoisotopic (exact) mass is 386 g/mol. The average molecular weight is 387 g/mol. The van der Waals surface area contributed by atoms with E-state index < -0.39 is 0 Å². The van der Waals surface area contributed by atoms with Gasteiger partial charge in [-0.25, -0.2) is 4.98 Å². The first kappa shape index (κ1) is 17.4. The fraction of sp³-hybridized carbons (Fsp3) is 0.350. The average Bonchev–Trinajstić information content (AvgIpc) is 3.07. The maximum Gasteiger partial charge on any atom is 0.186 e. The fourth-order valence-electron chi connectivity index (χ4n) is 3.68. The number of thiazole rings is 1. The molecule has 4 nitrogen and oxygen atoms in total. The van der Waals surface area contributed by atoms with E-state index >= 15 is 0 Å². The van der Waals surface area contributed by atoms with Crippen molar-refractivity contribution in [2.45, 2.75) is 25.8 Å². The highest BCUT2D eigenvalue weighted by Crippen LogP contribution is 2.33. The molecule has 0 N–H and O–H groups in total. The lowest BCUT2D eigenvalue weighted by Gasteiger charge is -2.39. The van der Waals surface area contributed by atoms with Crippen LogP contribution in [-0.2, 0) is 5.11 Å². The molecule has 4 rings (SSSR count). The van der Waals surface area contributed by atoms with Gasteiger partial charge in [0, 0.05) is 42.5 Å². The molecule has 0 aliphatic carbocycles. The third kappa shape index (κ3) is 3.46. The van der Waals surface area contributed by atoms with E-state index in [0.717, 1.165) is 52.8 Å². The second-order valence-electron chi connectivity index (χ2n) is 6.61. The molecule has 0 saturated carbocycles. The van der Waals surface area contributed by atoms with Crippen molar-refractivity contribution in [2.75, 3.05) is 29.4 Å². The van der Waals surface area contributed by atoms with Crippen LogP contribution in [0.4, 0.5) is 10.8 Å². The molecule has 0 atom stereocenters. The molecule has 1 aliphatic heterocycles. The lowest BCUT2D eigenvalue weighted by Crippen LogP contribution is -2.45. The SMILES string of the molecule is CCN(c1ccc(Cl)cc1)C1CCN(c2nc3ccc([O])cc3s2)CC1. The summed E-state index contributed by atoms with van der Waals surface area (Å²) in [5.74, 6) is 0.0490. The van der Waals surface area contributed by atoms with E-state index in [2.05, 4.69) is 28.9 Å². The van der Waals surface area contributed by atoms with Crippen LogP contribution in [0.25, 0.3) is 10.2 Å². The molecule has 1 saturated heterocycles. The van der Waals surface area contributed by atoms with E-state index in [4.69, 9.17) is 16.6 Å². The predicted octanol–water partition coefficient (Wildman–Crippen LogP) is 5.59. The summed E-state index contributed by atoms with van der Waals surface area (Å²) in [7, 11) is 0. The zero-order valence-corrected chi connectivity index (χ0v) is 16.3. The maximum atomic E-state index is 11.5. The quantitative estimate of drug-likeness (QED) is 0.586. The Hall–Kier alpha value is -1.98. The molecule has 0 unspecified atom stereocenters. The number of hydrogen-bond acceptors (Lipinski definition) is 4. The fourth-order valence-corrected chi connectivity index (χ4v) is 4.85. The summed E-state index contributed by atoms with van der Waals surface area (Å²) in [6, 6.07) is 13.7. The number of halogens is 1. The van der Waals surface area contributed by atoms with Gasteiger partial charge in [-0.05, 0) is 56.2 Å². The molecule has 2 aromatic carbocycles. The number of fused-ring (bicyclic) bond motifs is 1. The first-order chi connectivity index (χ1) is 12.6. The van der Waals surface area contributed by atoms with Crippen molar-refractivity contribution in [3.05, 3.63) is 47.5 Å². The van der Waals surface area contributed by atoms with Crippen molar-refractivity contribution in [3.8, 4) is 5.75 Å². The summed E-state index contributed by atoms with van der Waals surface area (Å²) < 4.78 is 0.978. The van der Waals surface area contributed by atoms with Crippen molar-refractivity contribution >= 4 is 44.0 Å². The number of aromatic nitrogens is 1. The van der Waals surface area contributed by atoms with E-state index in [-0.39, 0.29) is 5.75 Å². The van der Waals surface area contributed by atoms with Crippen LogP contribution in [-0.4, -0.2) is 30.7 Å². The van der Waals surface area contributed by atoms with E-state index in [1.807, 2.05) is 18.2 Å². The van der Waals surface area contributed by atoms with Gasteiger partial charge in [-0.15, -0.1) is 0 Å². The molecule has 1 radical (unpaired) electrons. The zero-order valence-electron chi connectivity index (χ0n) is 14.7. The van der Waals surface area contributed by atoms with Crippen LogP contribution in [0.3, 0.4) is 0 Å². The van der Waals surface area contributed by atoms with Crippen LogP contribution in [0.2, 0.25) is 5.02 Å². The number of anilines is 2. The van der Waals surface area contributed by atoms with Gasteiger partial charge in [0.2, 0.25) is 0 Å². The van der Waals surface area contributed by atoms with Crippen LogP contribution < -0.4 is 9.80 Å². The van der Waals surface area contributed by atoms with E-state index in [1.165, 1.54) is 5.69 Å². The smallest absolute Gasteiger partial charge is 0.186 e. The summed E-state index contributed by atoms with van der Waals surface area (Å²) in [6.45, 7) is 5.16. The van der Waals surface area contributed by atoms with Gasteiger partial charge in [0.25, 0.3) is 0 Å². The molecule has 6 heteroatoms. The van der Waals surface area contributed by atoms with Crippen molar-refractivity contribution in [1.29, 1.82) is 0 Å². The third-order valence-electron chi connectivity index (χ3n) is 5.02. The maximum absolute atomic E-state index is 11.5. The van der Waals surface area contributed by atoms with Crippen molar-refractivity contribution in [1.82, 2.24) is 4.98 Å². The highest BCUT2D eigenvalue weighted by Gasteiger charge is 2.25. The molecule has 135 valence electrons. The second kappa shape index (κ2) is 7.33. The zero-order chi connectivity index (χ0) is 18.1. The molecule has 1 fully saturated rings. The van der Waals surface area contributed by atoms with Gasteiger partial charge in [-0.1, -0.05) is 22.9 Å². The van der Waals surface area contributed by atoms with Crippen molar-refractivity contribution in [2.24, 2.45) is 0 Å². The molecule has 1 aromatic heterocycles. The summed E-state index contributed by atoms with van der Waals surface area (Å²) in [5, 5.41) is 13.3. The Morgan fingerprint density at radius 2 is 1.92 bits per heavy atom. The van der Waals surface area contributed by atoms with Crippen LogP contribution in [0.5, 0.6) is 5.75 Å². The molecule has 0 amide bonds. The Morgan fingerprint density at radius 1 is 1.19 bits per heavy atom. The summed E-state index contributed by atoms with van der Waals surface area (Å²) in [6.07, 6.45) is 2.19. The molecule has 3 aromatic rings. The van der Waals surface area contributed by atoms with Crippen molar-refractivity contribution < 1.29 is 5.11 Å². The van der Waals surface area contributed by atoms with E-state index in [1.54, 1.807) is 23.5 Å². The summed E-state index contributed by atoms with van der Waals surface area (Å²) in [5.41, 5.74) is 2.15. The van der Waals surface area contributed by atoms with Crippen LogP contribution >= 0.6 is 22.9 Å². The summed E-state index contributed by atoms with van der Waals surface area (Å²) in [4.78, 5) is 9.53. The Balaban J connectivity index is 1.46. The van der Waals surface area contributed by atoms with Crippen LogP contribution in [0, 0.1) is 0 Å². The minimum absolute atomic E-state index is 0.0490. The first-order valence-electron chi connectivity index (χ1n) is 8.99. The number of hydrogen-bond donors (Lipinski definition) is 0. The highest BCUT2D eigenvalue weighted by atomic mass is 35.5. The van der Waals surface area contributed by atoms with Gasteiger partial charge >= 0.3 is 0 Å². The molecule has 1 aliphatic rings. The molecule has 0 bridgehead atoms. The summed E-state index contributed by atoms with van der Waals surface area (Å²) >= 11 is 7.64. The topological polar surface area (TPSA) is 39.3 Å². The van der Waals surface area contributed by atoms with Gasteiger partial charge in [-0.3, -0.25) is 5.11 Å². The van der Waals surface area contributed by atoms with Gasteiger partial charge in [-0.2, -0.15) is 0 Å². The largest absolute Gasteiger partial charge is 0.369 e. The van der Waals surface area contributed by atoms with Gasteiger partial charge in [0.1, 0.15) is 0 Å². The Bertz CT molecular complexity index is 888. The van der Waals surface area contributed by atoms with Gasteiger partial charge in [0.05, 0.1) is 10.2 Å². The lowest BCUT2D eigenvalue weighted by molar-refractivity contribution is 0.355. The molecular weight excluding hydrogens is 366 g/mol. The Labute approximate surface area is 162 Å².